The third-order valence-electron chi connectivity index (χ3n) is 6.91. The molecule has 36 heavy (non-hydrogen) atoms. The summed E-state index contributed by atoms with van der Waals surface area (Å²) in [5.74, 6) is 1.07. The number of carbonyl (C=O) groups excluding carboxylic acids is 1. The van der Waals surface area contributed by atoms with Crippen molar-refractivity contribution in [2.75, 3.05) is 6.54 Å². The standard InChI is InChI=1S/C29H39N5O2/c1-5-19-34-24-15-7-6-14-23(24)33-25(34)20-29(30,16-10-18-32-27(35)36-28(2,3)4)22-13-8-11-21-12-9-17-31-26(21)22/h5-7,9,12,14-15,17,22H,1,8,10-11,13,16,18-20,30H2,2-4H3,(H,32,35). The third kappa shape index (κ3) is 5.95. The van der Waals surface area contributed by atoms with E-state index in [9.17, 15) is 4.79 Å². The van der Waals surface area contributed by atoms with Crippen molar-refractivity contribution in [3.05, 3.63) is 72.3 Å². The van der Waals surface area contributed by atoms with E-state index in [1.807, 2.05) is 57.3 Å². The zero-order chi connectivity index (χ0) is 25.8. The highest BCUT2D eigenvalue weighted by molar-refractivity contribution is 5.76. The number of nitrogens with one attached hydrogen (secondary N) is 1. The van der Waals surface area contributed by atoms with Crippen LogP contribution in [-0.2, 0) is 24.1 Å². The van der Waals surface area contributed by atoms with Crippen LogP contribution in [0.4, 0.5) is 4.79 Å². The molecule has 7 heteroatoms. The van der Waals surface area contributed by atoms with Gasteiger partial charge in [-0.3, -0.25) is 4.98 Å². The van der Waals surface area contributed by atoms with Crippen LogP contribution in [-0.4, -0.2) is 38.3 Å². The number of allylic oxidation sites excluding steroid dienone is 1. The number of hydrogen-bond acceptors (Lipinski definition) is 5. The van der Waals surface area contributed by atoms with Gasteiger partial charge in [0, 0.05) is 42.9 Å². The molecule has 1 amide bonds. The van der Waals surface area contributed by atoms with Crippen molar-refractivity contribution >= 4 is 17.1 Å². The van der Waals surface area contributed by atoms with Gasteiger partial charge in [0.15, 0.2) is 0 Å². The number of carbonyl (C=O) groups is 1. The molecule has 1 aromatic carbocycles. The smallest absolute Gasteiger partial charge is 0.407 e. The number of nitrogens with zero attached hydrogens (tertiary/aromatic N) is 3. The maximum absolute atomic E-state index is 12.2. The van der Waals surface area contributed by atoms with Gasteiger partial charge in [0.2, 0.25) is 0 Å². The Morgan fingerprint density at radius 2 is 2.08 bits per heavy atom. The van der Waals surface area contributed by atoms with Crippen LogP contribution in [0.1, 0.15) is 69.5 Å². The summed E-state index contributed by atoms with van der Waals surface area (Å²) in [6.45, 7) is 10.7. The molecule has 0 saturated heterocycles. The molecule has 1 aliphatic carbocycles. The number of pyridine rings is 1. The van der Waals surface area contributed by atoms with Crippen molar-refractivity contribution in [1.82, 2.24) is 19.9 Å². The van der Waals surface area contributed by atoms with Gasteiger partial charge in [-0.25, -0.2) is 9.78 Å². The van der Waals surface area contributed by atoms with Crippen LogP contribution in [0.2, 0.25) is 0 Å². The molecule has 0 bridgehead atoms. The first-order valence-electron chi connectivity index (χ1n) is 12.9. The molecule has 2 unspecified atom stereocenters. The first-order valence-corrected chi connectivity index (χ1v) is 12.9. The maximum atomic E-state index is 12.2. The first kappa shape index (κ1) is 25.9. The Labute approximate surface area is 214 Å². The zero-order valence-corrected chi connectivity index (χ0v) is 21.8. The Bertz CT molecular complexity index is 1210. The largest absolute Gasteiger partial charge is 0.444 e. The molecule has 0 saturated carbocycles. The Morgan fingerprint density at radius 3 is 2.86 bits per heavy atom. The van der Waals surface area contributed by atoms with Crippen molar-refractivity contribution in [2.45, 2.75) is 82.9 Å². The molecule has 4 rings (SSSR count). The lowest BCUT2D eigenvalue weighted by Crippen LogP contribution is -2.50. The number of aryl methyl sites for hydroxylation is 1. The van der Waals surface area contributed by atoms with E-state index in [2.05, 4.69) is 28.6 Å². The van der Waals surface area contributed by atoms with Crippen molar-refractivity contribution in [1.29, 1.82) is 0 Å². The fourth-order valence-corrected chi connectivity index (χ4v) is 5.36. The minimum Gasteiger partial charge on any atom is -0.444 e. The predicted molar refractivity (Wildman–Crippen MR) is 144 cm³/mol. The van der Waals surface area contributed by atoms with E-state index >= 15 is 0 Å². The summed E-state index contributed by atoms with van der Waals surface area (Å²) in [4.78, 5) is 21.9. The van der Waals surface area contributed by atoms with Gasteiger partial charge >= 0.3 is 6.09 Å². The number of benzene rings is 1. The summed E-state index contributed by atoms with van der Waals surface area (Å²) >= 11 is 0. The predicted octanol–water partition coefficient (Wildman–Crippen LogP) is 5.28. The van der Waals surface area contributed by atoms with Crippen LogP contribution in [0.25, 0.3) is 11.0 Å². The van der Waals surface area contributed by atoms with E-state index < -0.39 is 17.2 Å². The van der Waals surface area contributed by atoms with Gasteiger partial charge < -0.3 is 20.4 Å². The lowest BCUT2D eigenvalue weighted by Gasteiger charge is -2.40. The summed E-state index contributed by atoms with van der Waals surface area (Å²) in [7, 11) is 0. The zero-order valence-electron chi connectivity index (χ0n) is 21.8. The molecular weight excluding hydrogens is 450 g/mol. The summed E-state index contributed by atoms with van der Waals surface area (Å²) in [5.41, 5.74) is 10.7. The van der Waals surface area contributed by atoms with E-state index in [1.54, 1.807) is 0 Å². The van der Waals surface area contributed by atoms with E-state index in [1.165, 1.54) is 5.56 Å². The number of para-hydroxylation sites is 2. The summed E-state index contributed by atoms with van der Waals surface area (Å²) in [6, 6.07) is 12.4. The van der Waals surface area contributed by atoms with E-state index in [0.717, 1.165) is 54.7 Å². The molecule has 2 aromatic heterocycles. The van der Waals surface area contributed by atoms with Gasteiger partial charge in [0.1, 0.15) is 11.4 Å². The third-order valence-corrected chi connectivity index (χ3v) is 6.91. The highest BCUT2D eigenvalue weighted by Gasteiger charge is 2.40. The monoisotopic (exact) mass is 489 g/mol. The molecule has 192 valence electrons. The number of alkyl carbamates (subject to hydrolysis) is 1. The Balaban J connectivity index is 1.61. The quantitative estimate of drug-likeness (QED) is 0.315. The van der Waals surface area contributed by atoms with Crippen molar-refractivity contribution in [3.63, 3.8) is 0 Å². The number of aromatic nitrogens is 3. The molecule has 1 aliphatic rings. The number of amides is 1. The van der Waals surface area contributed by atoms with Crippen LogP contribution in [0.3, 0.4) is 0 Å². The molecule has 3 aromatic rings. The molecule has 2 heterocycles. The molecule has 0 radical (unpaired) electrons. The second kappa shape index (κ2) is 10.8. The number of ether oxygens (including phenoxy) is 1. The van der Waals surface area contributed by atoms with Gasteiger partial charge in [-0.2, -0.15) is 0 Å². The lowest BCUT2D eigenvalue weighted by molar-refractivity contribution is 0.0525. The van der Waals surface area contributed by atoms with Gasteiger partial charge in [0.25, 0.3) is 0 Å². The van der Waals surface area contributed by atoms with Crippen molar-refractivity contribution in [2.24, 2.45) is 5.73 Å². The normalized spacial score (nSPS) is 17.3. The molecule has 0 fully saturated rings. The van der Waals surface area contributed by atoms with Crippen molar-refractivity contribution < 1.29 is 9.53 Å². The van der Waals surface area contributed by atoms with Gasteiger partial charge in [-0.1, -0.05) is 24.3 Å². The highest BCUT2D eigenvalue weighted by atomic mass is 16.6. The molecule has 0 aliphatic heterocycles. The van der Waals surface area contributed by atoms with Gasteiger partial charge in [0.05, 0.1) is 11.0 Å². The molecule has 2 atom stereocenters. The number of rotatable bonds is 9. The second-order valence-corrected chi connectivity index (χ2v) is 10.9. The summed E-state index contributed by atoms with van der Waals surface area (Å²) in [6.07, 6.45) is 8.54. The maximum Gasteiger partial charge on any atom is 0.407 e. The summed E-state index contributed by atoms with van der Waals surface area (Å²) in [5, 5.41) is 2.88. The average molecular weight is 490 g/mol. The minimum absolute atomic E-state index is 0.112. The van der Waals surface area contributed by atoms with E-state index in [-0.39, 0.29) is 5.92 Å². The summed E-state index contributed by atoms with van der Waals surface area (Å²) < 4.78 is 7.60. The van der Waals surface area contributed by atoms with Gasteiger partial charge in [-0.15, -0.1) is 6.58 Å². The number of imidazole rings is 1. The van der Waals surface area contributed by atoms with Crippen LogP contribution in [0.15, 0.2) is 55.3 Å². The number of hydrogen-bond donors (Lipinski definition) is 2. The topological polar surface area (TPSA) is 95.1 Å². The number of nitrogens with two attached hydrogens (primary N) is 1. The lowest BCUT2D eigenvalue weighted by atomic mass is 9.70. The van der Waals surface area contributed by atoms with E-state index in [0.29, 0.717) is 19.5 Å². The fourth-order valence-electron chi connectivity index (χ4n) is 5.36. The van der Waals surface area contributed by atoms with Crippen LogP contribution >= 0.6 is 0 Å². The second-order valence-electron chi connectivity index (χ2n) is 10.9. The van der Waals surface area contributed by atoms with Gasteiger partial charge in [-0.05, 0) is 76.6 Å². The Morgan fingerprint density at radius 1 is 1.28 bits per heavy atom. The number of fused-ring (bicyclic) bond motifs is 2. The van der Waals surface area contributed by atoms with Crippen LogP contribution in [0, 0.1) is 0 Å². The highest BCUT2D eigenvalue weighted by Crippen LogP contribution is 2.40. The molecular formula is C29H39N5O2. The van der Waals surface area contributed by atoms with Crippen LogP contribution in [0.5, 0.6) is 0 Å². The Hall–Kier alpha value is -3.19. The van der Waals surface area contributed by atoms with E-state index in [4.69, 9.17) is 20.4 Å². The molecule has 7 nitrogen and oxygen atoms in total. The minimum atomic E-state index is -0.570. The molecule has 3 N–H and O–H groups in total. The Kier molecular flexibility index (Phi) is 7.79. The van der Waals surface area contributed by atoms with Crippen molar-refractivity contribution in [3.8, 4) is 0 Å². The van der Waals surface area contributed by atoms with Crippen LogP contribution < -0.4 is 11.1 Å². The SMILES string of the molecule is C=CCn1c(CC(N)(CCCNC(=O)OC(C)(C)C)C2CCCc3cccnc32)nc2ccccc21. The average Bonchev–Trinajstić information content (AvgIpc) is 3.17. The first-order chi connectivity index (χ1) is 17.2. The fraction of sp³-hybridized carbons (Fsp3) is 0.483. The molecule has 0 spiro atoms.